The third kappa shape index (κ3) is 7.24. The number of carbonyl (C=O) groups excluding carboxylic acids is 5. The molecule has 3 aromatic carbocycles. The Hall–Kier alpha value is -5.36. The third-order valence-corrected chi connectivity index (χ3v) is 11.1. The molecule has 1 heterocycles. The molecular weight excluding hydrogens is 747 g/mol. The number of amides is 1. The number of rotatable bonds is 11. The van der Waals surface area contributed by atoms with Crippen molar-refractivity contribution in [3.8, 4) is 11.5 Å². The average molecular weight is 791 g/mol. The van der Waals surface area contributed by atoms with E-state index in [1.165, 1.54) is 45.4 Å². The largest absolute Gasteiger partial charge is 0.507 e. The number of benzene rings is 3. The molecule has 1 amide bonds. The molecule has 0 spiro atoms. The number of Topliss-reactive ketones (excluding diaryl/α,β-unsaturated/α-hetero) is 3. The standard InChI is InChI=1S/C41H43FN2O13/c1-17-10-20-11-28(48)41(3,14-24(20)33(50)29(17)39(54)43-15-19-6-8-21(42)9-7-19)38(53)31-22(27(47)16-45)12-23-30(34(31)51)26(46)13-25(32(23)49)44-40-37(56-5)35(52)36(55-4)18(2)57-40/h6-10,12-13,18,28,35-37,40,44-45,48,50-52H,11,14-16H2,1-5H3,(H,43,54)/t18-,28+,35+,36-,37+,40?,41-/m0/s1. The van der Waals surface area contributed by atoms with Gasteiger partial charge in [0.15, 0.2) is 23.6 Å². The van der Waals surface area contributed by atoms with Gasteiger partial charge in [-0.3, -0.25) is 24.0 Å². The molecule has 0 saturated carbocycles. The molecule has 6 rings (SSSR count). The van der Waals surface area contributed by atoms with Gasteiger partial charge in [0.1, 0.15) is 42.2 Å². The zero-order chi connectivity index (χ0) is 41.7. The van der Waals surface area contributed by atoms with E-state index in [4.69, 9.17) is 14.2 Å². The molecule has 1 saturated heterocycles. The number of allylic oxidation sites excluding steroid dienone is 2. The highest BCUT2D eigenvalue weighted by atomic mass is 19.1. The maximum absolute atomic E-state index is 14.6. The fraction of sp³-hybridized carbons (Fsp3) is 0.390. The third-order valence-electron chi connectivity index (χ3n) is 11.1. The van der Waals surface area contributed by atoms with Crippen molar-refractivity contribution in [3.05, 3.63) is 104 Å². The minimum absolute atomic E-state index is 0.0103. The Morgan fingerprint density at radius 2 is 1.67 bits per heavy atom. The highest BCUT2D eigenvalue weighted by Crippen LogP contribution is 2.46. The summed E-state index contributed by atoms with van der Waals surface area (Å²) in [6.45, 7) is 3.38. The number of methoxy groups -OCH3 is 2. The van der Waals surface area contributed by atoms with Gasteiger partial charge in [0.2, 0.25) is 5.78 Å². The Morgan fingerprint density at radius 3 is 2.30 bits per heavy atom. The second kappa shape index (κ2) is 15.9. The van der Waals surface area contributed by atoms with Crippen LogP contribution in [0.25, 0.3) is 0 Å². The van der Waals surface area contributed by atoms with Gasteiger partial charge in [0.25, 0.3) is 5.91 Å². The summed E-state index contributed by atoms with van der Waals surface area (Å²) in [4.78, 5) is 68.8. The van der Waals surface area contributed by atoms with Crippen molar-refractivity contribution in [2.75, 3.05) is 20.8 Å². The van der Waals surface area contributed by atoms with E-state index in [1.807, 2.05) is 0 Å². The predicted molar refractivity (Wildman–Crippen MR) is 198 cm³/mol. The van der Waals surface area contributed by atoms with Gasteiger partial charge in [-0.1, -0.05) is 18.2 Å². The van der Waals surface area contributed by atoms with Crippen LogP contribution in [0.1, 0.15) is 87.9 Å². The smallest absolute Gasteiger partial charge is 0.255 e. The summed E-state index contributed by atoms with van der Waals surface area (Å²) in [6, 6.07) is 7.96. The second-order valence-electron chi connectivity index (χ2n) is 14.7. The van der Waals surface area contributed by atoms with Crippen molar-refractivity contribution in [1.82, 2.24) is 10.6 Å². The van der Waals surface area contributed by atoms with Crippen molar-refractivity contribution in [3.63, 3.8) is 0 Å². The van der Waals surface area contributed by atoms with Crippen LogP contribution in [0.3, 0.4) is 0 Å². The number of ether oxygens (including phenoxy) is 3. The lowest BCUT2D eigenvalue weighted by Crippen LogP contribution is -2.62. The summed E-state index contributed by atoms with van der Waals surface area (Å²) in [5.74, 6) is -6.59. The Balaban J connectivity index is 1.34. The molecule has 1 aliphatic heterocycles. The molecule has 3 aliphatic rings. The summed E-state index contributed by atoms with van der Waals surface area (Å²) >= 11 is 0. The molecule has 7 N–H and O–H groups in total. The number of phenols is 2. The fourth-order valence-corrected chi connectivity index (χ4v) is 7.93. The van der Waals surface area contributed by atoms with Crippen LogP contribution in [0.4, 0.5) is 4.39 Å². The number of ketones is 4. The summed E-state index contributed by atoms with van der Waals surface area (Å²) in [5.41, 5.74) is -3.23. The number of aromatic hydroxyl groups is 2. The van der Waals surface area contributed by atoms with Gasteiger partial charge >= 0.3 is 0 Å². The van der Waals surface area contributed by atoms with E-state index in [0.29, 0.717) is 16.7 Å². The molecule has 1 fully saturated rings. The first-order valence-corrected chi connectivity index (χ1v) is 18.1. The lowest BCUT2D eigenvalue weighted by Gasteiger charge is -2.43. The molecule has 0 aromatic heterocycles. The zero-order valence-electron chi connectivity index (χ0n) is 31.7. The van der Waals surface area contributed by atoms with Gasteiger partial charge in [-0.25, -0.2) is 4.39 Å². The molecule has 2 aliphatic carbocycles. The van der Waals surface area contributed by atoms with Crippen LogP contribution < -0.4 is 10.6 Å². The van der Waals surface area contributed by atoms with Gasteiger partial charge in [-0.05, 0) is 74.1 Å². The molecule has 16 heteroatoms. The number of fused-ring (bicyclic) bond motifs is 2. The number of aliphatic hydroxyl groups excluding tert-OH is 3. The lowest BCUT2D eigenvalue weighted by atomic mass is 9.65. The van der Waals surface area contributed by atoms with E-state index in [-0.39, 0.29) is 29.8 Å². The van der Waals surface area contributed by atoms with E-state index in [1.54, 1.807) is 19.9 Å². The topological polar surface area (TPSA) is 238 Å². The highest BCUT2D eigenvalue weighted by molar-refractivity contribution is 6.28. The first-order valence-electron chi connectivity index (χ1n) is 18.1. The van der Waals surface area contributed by atoms with Crippen LogP contribution in [0.15, 0.2) is 48.2 Å². The van der Waals surface area contributed by atoms with Crippen LogP contribution in [-0.2, 0) is 33.6 Å². The molecule has 0 bridgehead atoms. The Kier molecular flexibility index (Phi) is 11.5. The highest BCUT2D eigenvalue weighted by Gasteiger charge is 2.49. The summed E-state index contributed by atoms with van der Waals surface area (Å²) in [5, 5.41) is 60.9. The monoisotopic (exact) mass is 790 g/mol. The van der Waals surface area contributed by atoms with Crippen molar-refractivity contribution in [2.24, 2.45) is 5.41 Å². The van der Waals surface area contributed by atoms with E-state index in [2.05, 4.69) is 10.6 Å². The summed E-state index contributed by atoms with van der Waals surface area (Å²) in [6.07, 6.45) is -6.12. The first-order chi connectivity index (χ1) is 27.0. The van der Waals surface area contributed by atoms with Crippen molar-refractivity contribution in [1.29, 1.82) is 0 Å². The number of aliphatic hydroxyl groups is 3. The maximum Gasteiger partial charge on any atom is 0.255 e. The Morgan fingerprint density at radius 1 is 1.00 bits per heavy atom. The molecular formula is C41H43FN2O13. The first kappa shape index (κ1) is 41.3. The molecule has 3 aromatic rings. The van der Waals surface area contributed by atoms with Crippen LogP contribution in [0.5, 0.6) is 11.5 Å². The normalized spacial score (nSPS) is 25.6. The SMILES string of the molecule is CO[C@@H]1[C@@H](O)[C@@H](OC)C(NC2=CC(=O)c3c(cc(C(=O)CO)c(C(=O)[C@@]4(C)Cc5c(cc(C)c(C(=O)NCc6ccc(F)cc6)c5O)C[C@H]4O)c3O)C2=O)O[C@H]1C. The quantitative estimate of drug-likeness (QED) is 0.138. The number of halogens is 1. The molecule has 1 unspecified atom stereocenters. The van der Waals surface area contributed by atoms with E-state index >= 15 is 0 Å². The van der Waals surface area contributed by atoms with E-state index < -0.39 is 124 Å². The van der Waals surface area contributed by atoms with E-state index in [9.17, 15) is 53.9 Å². The van der Waals surface area contributed by atoms with Crippen molar-refractivity contribution < 1.29 is 68.1 Å². The van der Waals surface area contributed by atoms with Crippen LogP contribution in [-0.4, -0.2) is 112 Å². The molecule has 7 atom stereocenters. The number of carbonyl (C=O) groups is 5. The minimum Gasteiger partial charge on any atom is -0.507 e. The predicted octanol–water partition coefficient (Wildman–Crippen LogP) is 1.99. The van der Waals surface area contributed by atoms with Crippen LogP contribution in [0, 0.1) is 18.2 Å². The fourth-order valence-electron chi connectivity index (χ4n) is 7.93. The summed E-state index contributed by atoms with van der Waals surface area (Å²) < 4.78 is 30.0. The van der Waals surface area contributed by atoms with Crippen molar-refractivity contribution in [2.45, 2.75) is 76.9 Å². The van der Waals surface area contributed by atoms with Gasteiger partial charge < -0.3 is 50.4 Å². The van der Waals surface area contributed by atoms with Gasteiger partial charge in [-0.2, -0.15) is 0 Å². The second-order valence-corrected chi connectivity index (χ2v) is 14.7. The summed E-state index contributed by atoms with van der Waals surface area (Å²) in [7, 11) is 2.68. The minimum atomic E-state index is -1.90. The number of aryl methyl sites for hydroxylation is 1. The molecule has 302 valence electrons. The number of hydrogen-bond acceptors (Lipinski definition) is 14. The molecule has 0 radical (unpaired) electrons. The number of nitrogens with one attached hydrogen (secondary N) is 2. The van der Waals surface area contributed by atoms with Crippen molar-refractivity contribution >= 4 is 29.0 Å². The average Bonchev–Trinajstić information content (AvgIpc) is 3.16. The number of hydrogen-bond donors (Lipinski definition) is 7. The van der Waals surface area contributed by atoms with Gasteiger partial charge in [0.05, 0.1) is 40.0 Å². The lowest BCUT2D eigenvalue weighted by molar-refractivity contribution is -0.236. The van der Waals surface area contributed by atoms with Gasteiger partial charge in [-0.15, -0.1) is 0 Å². The van der Waals surface area contributed by atoms with Crippen LogP contribution >= 0.6 is 0 Å². The maximum atomic E-state index is 14.6. The Labute approximate surface area is 326 Å². The number of phenolic OH excluding ortho intramolecular Hbond substituents is 2. The van der Waals surface area contributed by atoms with Crippen LogP contribution in [0.2, 0.25) is 0 Å². The molecule has 57 heavy (non-hydrogen) atoms. The van der Waals surface area contributed by atoms with E-state index in [0.717, 1.165) is 12.1 Å². The zero-order valence-corrected chi connectivity index (χ0v) is 31.7. The van der Waals surface area contributed by atoms with Gasteiger partial charge in [0, 0.05) is 38.0 Å². The Bertz CT molecular complexity index is 2200. The molecule has 15 nitrogen and oxygen atoms in total.